The third-order valence-corrected chi connectivity index (χ3v) is 4.87. The Kier molecular flexibility index (Phi) is 4.73. The van der Waals surface area contributed by atoms with E-state index in [9.17, 15) is 4.79 Å². The van der Waals surface area contributed by atoms with Crippen LogP contribution in [0, 0.1) is 0 Å². The van der Waals surface area contributed by atoms with E-state index in [0.29, 0.717) is 6.42 Å². The number of hydrogen-bond acceptors (Lipinski definition) is 4. The molecule has 0 saturated carbocycles. The van der Waals surface area contributed by atoms with Crippen molar-refractivity contribution in [1.82, 2.24) is 9.88 Å². The van der Waals surface area contributed by atoms with E-state index in [1.54, 1.807) is 11.3 Å². The Bertz CT molecular complexity index is 628. The van der Waals surface area contributed by atoms with Crippen molar-refractivity contribution < 1.29 is 4.79 Å². The van der Waals surface area contributed by atoms with Gasteiger partial charge in [0, 0.05) is 29.7 Å². The fourth-order valence-corrected chi connectivity index (χ4v) is 3.53. The van der Waals surface area contributed by atoms with Gasteiger partial charge in [-0.3, -0.25) is 4.79 Å². The summed E-state index contributed by atoms with van der Waals surface area (Å²) in [5.41, 5.74) is 8.41. The molecule has 5 heteroatoms. The highest BCUT2D eigenvalue weighted by atomic mass is 32.1. The van der Waals surface area contributed by atoms with Crippen molar-refractivity contribution in [3.8, 4) is 11.3 Å². The SMILES string of the molecule is Nc1ccc(-c2csc(CC(=O)N3CCCCCC3)n2)cc1. The Hall–Kier alpha value is -1.88. The fourth-order valence-electron chi connectivity index (χ4n) is 2.74. The quantitative estimate of drug-likeness (QED) is 0.884. The normalized spacial score (nSPS) is 15.5. The topological polar surface area (TPSA) is 59.2 Å². The number of likely N-dealkylation sites (tertiary alicyclic amines) is 1. The third kappa shape index (κ3) is 3.65. The van der Waals surface area contributed by atoms with Gasteiger partial charge in [0.05, 0.1) is 12.1 Å². The monoisotopic (exact) mass is 315 g/mol. The summed E-state index contributed by atoms with van der Waals surface area (Å²) >= 11 is 1.56. The highest BCUT2D eigenvalue weighted by molar-refractivity contribution is 7.10. The molecule has 1 aromatic heterocycles. The van der Waals surface area contributed by atoms with E-state index in [-0.39, 0.29) is 5.91 Å². The standard InChI is InChI=1S/C17H21N3OS/c18-14-7-5-13(6-8-14)15-12-22-16(19-15)11-17(21)20-9-3-1-2-4-10-20/h5-8,12H,1-4,9-11,18H2. The lowest BCUT2D eigenvalue weighted by Crippen LogP contribution is -2.33. The van der Waals surface area contributed by atoms with E-state index in [2.05, 4.69) is 4.98 Å². The Morgan fingerprint density at radius 3 is 2.50 bits per heavy atom. The average Bonchev–Trinajstić information content (AvgIpc) is 2.81. The lowest BCUT2D eigenvalue weighted by atomic mass is 10.1. The van der Waals surface area contributed by atoms with Crippen LogP contribution in [-0.2, 0) is 11.2 Å². The molecule has 1 fully saturated rings. The molecule has 1 amide bonds. The van der Waals surface area contributed by atoms with Crippen molar-refractivity contribution in [3.05, 3.63) is 34.7 Å². The van der Waals surface area contributed by atoms with Gasteiger partial charge in [0.25, 0.3) is 0 Å². The van der Waals surface area contributed by atoms with Crippen LogP contribution < -0.4 is 5.73 Å². The van der Waals surface area contributed by atoms with E-state index in [1.165, 1.54) is 12.8 Å². The van der Waals surface area contributed by atoms with Gasteiger partial charge in [-0.05, 0) is 25.0 Å². The molecule has 1 aliphatic rings. The Morgan fingerprint density at radius 2 is 1.82 bits per heavy atom. The molecule has 0 atom stereocenters. The van der Waals surface area contributed by atoms with Crippen molar-refractivity contribution >= 4 is 22.9 Å². The van der Waals surface area contributed by atoms with Crippen LogP contribution >= 0.6 is 11.3 Å². The maximum Gasteiger partial charge on any atom is 0.229 e. The van der Waals surface area contributed by atoms with Gasteiger partial charge in [-0.2, -0.15) is 0 Å². The van der Waals surface area contributed by atoms with Crippen molar-refractivity contribution in [3.63, 3.8) is 0 Å². The van der Waals surface area contributed by atoms with Crippen LogP contribution in [0.1, 0.15) is 30.7 Å². The summed E-state index contributed by atoms with van der Waals surface area (Å²) in [6, 6.07) is 7.67. The zero-order chi connectivity index (χ0) is 15.4. The number of hydrogen-bond donors (Lipinski definition) is 1. The van der Waals surface area contributed by atoms with Gasteiger partial charge in [-0.15, -0.1) is 11.3 Å². The molecule has 1 saturated heterocycles. The average molecular weight is 315 g/mol. The summed E-state index contributed by atoms with van der Waals surface area (Å²) in [7, 11) is 0. The Labute approximate surface area is 135 Å². The van der Waals surface area contributed by atoms with Gasteiger partial charge >= 0.3 is 0 Å². The molecule has 2 N–H and O–H groups in total. The molecular formula is C17H21N3OS. The minimum atomic E-state index is 0.208. The van der Waals surface area contributed by atoms with Crippen LogP contribution in [-0.4, -0.2) is 28.9 Å². The number of carbonyl (C=O) groups excluding carboxylic acids is 1. The van der Waals surface area contributed by atoms with Crippen LogP contribution in [0.2, 0.25) is 0 Å². The van der Waals surface area contributed by atoms with Gasteiger partial charge in [0.15, 0.2) is 0 Å². The lowest BCUT2D eigenvalue weighted by molar-refractivity contribution is -0.130. The van der Waals surface area contributed by atoms with E-state index in [1.807, 2.05) is 34.5 Å². The second-order valence-corrected chi connectivity index (χ2v) is 6.66. The molecule has 3 rings (SSSR count). The Morgan fingerprint density at radius 1 is 1.14 bits per heavy atom. The number of carbonyl (C=O) groups is 1. The predicted molar refractivity (Wildman–Crippen MR) is 90.7 cm³/mol. The number of aromatic nitrogens is 1. The van der Waals surface area contributed by atoms with Crippen LogP contribution in [0.5, 0.6) is 0 Å². The molecule has 22 heavy (non-hydrogen) atoms. The molecule has 1 aromatic carbocycles. The van der Waals surface area contributed by atoms with Crippen LogP contribution in [0.15, 0.2) is 29.6 Å². The van der Waals surface area contributed by atoms with E-state index >= 15 is 0 Å². The zero-order valence-electron chi connectivity index (χ0n) is 12.6. The minimum Gasteiger partial charge on any atom is -0.399 e. The first-order valence-electron chi connectivity index (χ1n) is 7.80. The van der Waals surface area contributed by atoms with Crippen LogP contribution in [0.4, 0.5) is 5.69 Å². The molecule has 116 valence electrons. The van der Waals surface area contributed by atoms with Crippen molar-refractivity contribution in [1.29, 1.82) is 0 Å². The molecule has 0 aliphatic carbocycles. The van der Waals surface area contributed by atoms with Gasteiger partial charge in [0.1, 0.15) is 5.01 Å². The Balaban J connectivity index is 1.66. The van der Waals surface area contributed by atoms with Gasteiger partial charge < -0.3 is 10.6 Å². The van der Waals surface area contributed by atoms with Crippen LogP contribution in [0.25, 0.3) is 11.3 Å². The predicted octanol–water partition coefficient (Wildman–Crippen LogP) is 3.34. The zero-order valence-corrected chi connectivity index (χ0v) is 13.4. The van der Waals surface area contributed by atoms with Gasteiger partial charge in [0.2, 0.25) is 5.91 Å². The molecule has 0 spiro atoms. The summed E-state index contributed by atoms with van der Waals surface area (Å²) in [4.78, 5) is 19.0. The minimum absolute atomic E-state index is 0.208. The summed E-state index contributed by atoms with van der Waals surface area (Å²) in [6.45, 7) is 1.80. The van der Waals surface area contributed by atoms with Crippen molar-refractivity contribution in [2.24, 2.45) is 0 Å². The summed E-state index contributed by atoms with van der Waals surface area (Å²) in [5, 5.41) is 2.90. The second kappa shape index (κ2) is 6.92. The number of thiazole rings is 1. The summed E-state index contributed by atoms with van der Waals surface area (Å²) < 4.78 is 0. The number of amides is 1. The number of rotatable bonds is 3. The fraction of sp³-hybridized carbons (Fsp3) is 0.412. The van der Waals surface area contributed by atoms with Crippen LogP contribution in [0.3, 0.4) is 0 Å². The first kappa shape index (κ1) is 15.0. The lowest BCUT2D eigenvalue weighted by Gasteiger charge is -2.19. The van der Waals surface area contributed by atoms with E-state index in [4.69, 9.17) is 5.73 Å². The molecule has 4 nitrogen and oxygen atoms in total. The summed E-state index contributed by atoms with van der Waals surface area (Å²) in [6.07, 6.45) is 5.14. The van der Waals surface area contributed by atoms with Crippen molar-refractivity contribution in [2.45, 2.75) is 32.1 Å². The highest BCUT2D eigenvalue weighted by Crippen LogP contribution is 2.23. The maximum absolute atomic E-state index is 12.4. The molecule has 0 unspecified atom stereocenters. The third-order valence-electron chi connectivity index (χ3n) is 4.02. The number of nitrogens with two attached hydrogens (primary N) is 1. The van der Waals surface area contributed by atoms with Crippen molar-refractivity contribution in [2.75, 3.05) is 18.8 Å². The number of nitrogens with zero attached hydrogens (tertiary/aromatic N) is 2. The molecule has 0 bridgehead atoms. The molecule has 1 aliphatic heterocycles. The first-order chi connectivity index (χ1) is 10.7. The largest absolute Gasteiger partial charge is 0.399 e. The van der Waals surface area contributed by atoms with Gasteiger partial charge in [-0.25, -0.2) is 4.98 Å². The number of benzene rings is 1. The molecule has 2 heterocycles. The molecule has 2 aromatic rings. The van der Waals surface area contributed by atoms with E-state index < -0.39 is 0 Å². The summed E-state index contributed by atoms with van der Waals surface area (Å²) in [5.74, 6) is 0.208. The number of nitrogen functional groups attached to an aromatic ring is 1. The highest BCUT2D eigenvalue weighted by Gasteiger charge is 2.17. The molecular weight excluding hydrogens is 294 g/mol. The number of anilines is 1. The smallest absolute Gasteiger partial charge is 0.229 e. The second-order valence-electron chi connectivity index (χ2n) is 5.72. The first-order valence-corrected chi connectivity index (χ1v) is 8.68. The molecule has 0 radical (unpaired) electrons. The van der Waals surface area contributed by atoms with Gasteiger partial charge in [-0.1, -0.05) is 25.0 Å². The maximum atomic E-state index is 12.4. The van der Waals surface area contributed by atoms with E-state index in [0.717, 1.165) is 47.9 Å².